The van der Waals surface area contributed by atoms with Gasteiger partial charge >= 0.3 is 0 Å². The van der Waals surface area contributed by atoms with Crippen LogP contribution in [0.3, 0.4) is 0 Å². The lowest BCUT2D eigenvalue weighted by Gasteiger charge is -2.31. The molecule has 0 fully saturated rings. The van der Waals surface area contributed by atoms with Crippen molar-refractivity contribution in [3.05, 3.63) is 48.0 Å². The Labute approximate surface area is 165 Å². The SMILES string of the molecule is COc1ccccc1OCC(=O)Nc1ccc2c(c1)CCCN2C(=O)C(C)C. The molecule has 1 N–H and O–H groups in total. The number of aryl methyl sites for hydroxylation is 1. The van der Waals surface area contributed by atoms with Crippen molar-refractivity contribution in [3.8, 4) is 11.5 Å². The van der Waals surface area contributed by atoms with Crippen molar-refractivity contribution in [2.75, 3.05) is 30.5 Å². The third kappa shape index (κ3) is 4.44. The molecule has 2 amide bonds. The zero-order valence-corrected chi connectivity index (χ0v) is 16.5. The first-order valence-corrected chi connectivity index (χ1v) is 9.49. The van der Waals surface area contributed by atoms with Crippen molar-refractivity contribution >= 4 is 23.2 Å². The van der Waals surface area contributed by atoms with Gasteiger partial charge in [0.25, 0.3) is 5.91 Å². The molecule has 1 heterocycles. The van der Waals surface area contributed by atoms with E-state index in [2.05, 4.69) is 5.32 Å². The van der Waals surface area contributed by atoms with E-state index in [1.54, 1.807) is 19.2 Å². The number of fused-ring (bicyclic) bond motifs is 1. The summed E-state index contributed by atoms with van der Waals surface area (Å²) < 4.78 is 10.8. The van der Waals surface area contributed by atoms with Crippen LogP contribution in [-0.4, -0.2) is 32.1 Å². The molecule has 0 saturated heterocycles. The Morgan fingerprint density at radius 3 is 2.61 bits per heavy atom. The molecule has 6 nitrogen and oxygen atoms in total. The number of hydrogen-bond acceptors (Lipinski definition) is 4. The molecule has 0 bridgehead atoms. The van der Waals surface area contributed by atoms with Gasteiger partial charge in [-0.05, 0) is 48.7 Å². The van der Waals surface area contributed by atoms with Gasteiger partial charge in [-0.1, -0.05) is 26.0 Å². The van der Waals surface area contributed by atoms with Crippen molar-refractivity contribution in [2.24, 2.45) is 5.92 Å². The quantitative estimate of drug-likeness (QED) is 0.828. The smallest absolute Gasteiger partial charge is 0.262 e. The fourth-order valence-corrected chi connectivity index (χ4v) is 3.29. The molecule has 0 aliphatic carbocycles. The van der Waals surface area contributed by atoms with Crippen molar-refractivity contribution in [3.63, 3.8) is 0 Å². The summed E-state index contributed by atoms with van der Waals surface area (Å²) >= 11 is 0. The highest BCUT2D eigenvalue weighted by Gasteiger charge is 2.24. The number of ether oxygens (including phenoxy) is 2. The number of hydrogen-bond donors (Lipinski definition) is 1. The number of nitrogens with one attached hydrogen (secondary N) is 1. The zero-order chi connectivity index (χ0) is 20.1. The first-order valence-electron chi connectivity index (χ1n) is 9.49. The van der Waals surface area contributed by atoms with E-state index < -0.39 is 0 Å². The van der Waals surface area contributed by atoms with Crippen LogP contribution in [0.5, 0.6) is 11.5 Å². The van der Waals surface area contributed by atoms with Gasteiger partial charge in [0.1, 0.15) is 0 Å². The number of benzene rings is 2. The monoisotopic (exact) mass is 382 g/mol. The van der Waals surface area contributed by atoms with Gasteiger partial charge < -0.3 is 19.7 Å². The van der Waals surface area contributed by atoms with Gasteiger partial charge in [-0.3, -0.25) is 9.59 Å². The van der Waals surface area contributed by atoms with Gasteiger partial charge in [-0.15, -0.1) is 0 Å². The minimum atomic E-state index is -0.253. The van der Waals surface area contributed by atoms with E-state index in [0.29, 0.717) is 17.2 Å². The summed E-state index contributed by atoms with van der Waals surface area (Å²) in [7, 11) is 1.56. The summed E-state index contributed by atoms with van der Waals surface area (Å²) in [5, 5.41) is 2.86. The summed E-state index contributed by atoms with van der Waals surface area (Å²) in [5.74, 6) is 0.935. The van der Waals surface area contributed by atoms with Crippen LogP contribution in [0.4, 0.5) is 11.4 Å². The predicted octanol–water partition coefficient (Wildman–Crippen LogP) is 3.65. The largest absolute Gasteiger partial charge is 0.493 e. The Hall–Kier alpha value is -3.02. The Morgan fingerprint density at radius 1 is 1.14 bits per heavy atom. The minimum Gasteiger partial charge on any atom is -0.493 e. The van der Waals surface area contributed by atoms with Gasteiger partial charge in [0.2, 0.25) is 5.91 Å². The predicted molar refractivity (Wildman–Crippen MR) is 109 cm³/mol. The average molecular weight is 382 g/mol. The molecule has 0 radical (unpaired) electrons. The standard InChI is InChI=1S/C22H26N2O4/c1-15(2)22(26)24-12-6-7-16-13-17(10-11-18(16)24)23-21(25)14-28-20-9-5-4-8-19(20)27-3/h4-5,8-11,13,15H,6-7,12,14H2,1-3H3,(H,23,25). The minimum absolute atomic E-state index is 0.0440. The number of rotatable bonds is 6. The lowest BCUT2D eigenvalue weighted by Crippen LogP contribution is -2.38. The molecular formula is C22H26N2O4. The number of amides is 2. The third-order valence-corrected chi connectivity index (χ3v) is 4.67. The molecule has 2 aromatic rings. The Bertz CT molecular complexity index is 863. The molecule has 148 valence electrons. The highest BCUT2D eigenvalue weighted by molar-refractivity contribution is 5.97. The second kappa shape index (κ2) is 8.78. The van der Waals surface area contributed by atoms with Crippen LogP contribution < -0.4 is 19.7 Å². The van der Waals surface area contributed by atoms with E-state index in [1.807, 2.05) is 49.1 Å². The third-order valence-electron chi connectivity index (χ3n) is 4.67. The van der Waals surface area contributed by atoms with Crippen molar-refractivity contribution in [1.29, 1.82) is 0 Å². The number of para-hydroxylation sites is 2. The molecule has 0 aromatic heterocycles. The van der Waals surface area contributed by atoms with Crippen LogP contribution in [0, 0.1) is 5.92 Å². The molecule has 6 heteroatoms. The molecule has 3 rings (SSSR count). The summed E-state index contributed by atoms with van der Waals surface area (Å²) in [6.07, 6.45) is 1.80. The first-order chi connectivity index (χ1) is 13.5. The summed E-state index contributed by atoms with van der Waals surface area (Å²) in [4.78, 5) is 26.5. The van der Waals surface area contributed by atoms with Crippen molar-refractivity contribution in [1.82, 2.24) is 0 Å². The average Bonchev–Trinajstić information content (AvgIpc) is 2.71. The molecule has 2 aromatic carbocycles. The summed E-state index contributed by atoms with van der Waals surface area (Å²) in [6, 6.07) is 12.9. The fraction of sp³-hybridized carbons (Fsp3) is 0.364. The van der Waals surface area contributed by atoms with E-state index in [0.717, 1.165) is 30.6 Å². The molecular weight excluding hydrogens is 356 g/mol. The maximum absolute atomic E-state index is 12.4. The van der Waals surface area contributed by atoms with Crippen molar-refractivity contribution in [2.45, 2.75) is 26.7 Å². The van der Waals surface area contributed by atoms with E-state index in [4.69, 9.17) is 9.47 Å². The fourth-order valence-electron chi connectivity index (χ4n) is 3.29. The number of carbonyl (C=O) groups excluding carboxylic acids is 2. The number of methoxy groups -OCH3 is 1. The normalized spacial score (nSPS) is 13.1. The highest BCUT2D eigenvalue weighted by atomic mass is 16.5. The summed E-state index contributed by atoms with van der Waals surface area (Å²) in [6.45, 7) is 4.44. The van der Waals surface area contributed by atoms with E-state index in [-0.39, 0.29) is 24.3 Å². The molecule has 0 atom stereocenters. The first kappa shape index (κ1) is 19.7. The Kier molecular flexibility index (Phi) is 6.19. The molecule has 1 aliphatic rings. The van der Waals surface area contributed by atoms with E-state index in [1.165, 1.54) is 0 Å². The van der Waals surface area contributed by atoms with E-state index >= 15 is 0 Å². The Balaban J connectivity index is 1.65. The maximum atomic E-state index is 12.4. The number of nitrogens with zero attached hydrogens (tertiary/aromatic N) is 1. The van der Waals surface area contributed by atoms with Crippen LogP contribution in [0.15, 0.2) is 42.5 Å². The lowest BCUT2D eigenvalue weighted by molar-refractivity contribution is -0.121. The van der Waals surface area contributed by atoms with Crippen LogP contribution >= 0.6 is 0 Å². The maximum Gasteiger partial charge on any atom is 0.262 e. The number of carbonyl (C=O) groups is 2. The van der Waals surface area contributed by atoms with Crippen LogP contribution in [0.25, 0.3) is 0 Å². The van der Waals surface area contributed by atoms with Gasteiger partial charge in [-0.25, -0.2) is 0 Å². The zero-order valence-electron chi connectivity index (χ0n) is 16.5. The van der Waals surface area contributed by atoms with Crippen molar-refractivity contribution < 1.29 is 19.1 Å². The summed E-state index contributed by atoms with van der Waals surface area (Å²) in [5.41, 5.74) is 2.71. The van der Waals surface area contributed by atoms with E-state index in [9.17, 15) is 9.59 Å². The topological polar surface area (TPSA) is 67.9 Å². The molecule has 0 unspecified atom stereocenters. The van der Waals surface area contributed by atoms with Gasteiger partial charge in [0, 0.05) is 23.8 Å². The van der Waals surface area contributed by atoms with Gasteiger partial charge in [-0.2, -0.15) is 0 Å². The second-order valence-electron chi connectivity index (χ2n) is 7.08. The molecule has 0 spiro atoms. The van der Waals surface area contributed by atoms with Crippen LogP contribution in [-0.2, 0) is 16.0 Å². The van der Waals surface area contributed by atoms with Crippen LogP contribution in [0.1, 0.15) is 25.8 Å². The Morgan fingerprint density at radius 2 is 1.89 bits per heavy atom. The lowest BCUT2D eigenvalue weighted by atomic mass is 9.99. The molecule has 28 heavy (non-hydrogen) atoms. The molecule has 0 saturated carbocycles. The van der Waals surface area contributed by atoms with Gasteiger partial charge in [0.05, 0.1) is 7.11 Å². The van der Waals surface area contributed by atoms with Gasteiger partial charge in [0.15, 0.2) is 18.1 Å². The number of anilines is 2. The van der Waals surface area contributed by atoms with Crippen LogP contribution in [0.2, 0.25) is 0 Å². The second-order valence-corrected chi connectivity index (χ2v) is 7.08. The molecule has 1 aliphatic heterocycles. The highest BCUT2D eigenvalue weighted by Crippen LogP contribution is 2.31.